The van der Waals surface area contributed by atoms with Gasteiger partial charge in [-0.2, -0.15) is 13.2 Å². The second kappa shape index (κ2) is 6.81. The van der Waals surface area contributed by atoms with E-state index in [2.05, 4.69) is 36.3 Å². The molecule has 0 unspecified atom stereocenters. The molecular formula is C17H19F3N2. The van der Waals surface area contributed by atoms with E-state index in [4.69, 9.17) is 0 Å². The first-order chi connectivity index (χ1) is 10.4. The van der Waals surface area contributed by atoms with Crippen LogP contribution in [0.15, 0.2) is 42.6 Å². The third kappa shape index (κ3) is 4.48. The molecular weight excluding hydrogens is 289 g/mol. The molecule has 2 nitrogen and oxygen atoms in total. The SMILES string of the molecule is CC(C)c1ccc(NCCc2ccc(C(F)(F)F)nc2)cc1. The van der Waals surface area contributed by atoms with Crippen molar-refractivity contribution in [3.63, 3.8) is 0 Å². The van der Waals surface area contributed by atoms with Crippen LogP contribution in [-0.4, -0.2) is 11.5 Å². The fourth-order valence-electron chi connectivity index (χ4n) is 2.08. The van der Waals surface area contributed by atoms with Gasteiger partial charge in [-0.15, -0.1) is 0 Å². The topological polar surface area (TPSA) is 24.9 Å². The standard InChI is InChI=1S/C17H19F3N2/c1-12(2)14-4-6-15(7-5-14)21-10-9-13-3-8-16(22-11-13)17(18,19)20/h3-8,11-12,21H,9-10H2,1-2H3. The van der Waals surface area contributed by atoms with Crippen LogP contribution in [-0.2, 0) is 12.6 Å². The highest BCUT2D eigenvalue weighted by Crippen LogP contribution is 2.27. The molecule has 22 heavy (non-hydrogen) atoms. The highest BCUT2D eigenvalue weighted by Gasteiger charge is 2.31. The fourth-order valence-corrected chi connectivity index (χ4v) is 2.08. The van der Waals surface area contributed by atoms with Gasteiger partial charge in [0.25, 0.3) is 0 Å². The molecule has 1 heterocycles. The van der Waals surface area contributed by atoms with Crippen LogP contribution >= 0.6 is 0 Å². The Balaban J connectivity index is 1.86. The zero-order chi connectivity index (χ0) is 16.2. The van der Waals surface area contributed by atoms with Crippen LogP contribution in [0.3, 0.4) is 0 Å². The molecule has 0 spiro atoms. The van der Waals surface area contributed by atoms with Crippen molar-refractivity contribution in [2.45, 2.75) is 32.4 Å². The number of hydrogen-bond donors (Lipinski definition) is 1. The van der Waals surface area contributed by atoms with E-state index >= 15 is 0 Å². The number of alkyl halides is 3. The zero-order valence-corrected chi connectivity index (χ0v) is 12.6. The summed E-state index contributed by atoms with van der Waals surface area (Å²) < 4.78 is 37.2. The van der Waals surface area contributed by atoms with Crippen LogP contribution in [0.5, 0.6) is 0 Å². The van der Waals surface area contributed by atoms with Crippen LogP contribution < -0.4 is 5.32 Å². The minimum Gasteiger partial charge on any atom is -0.385 e. The first-order valence-electron chi connectivity index (χ1n) is 7.22. The van der Waals surface area contributed by atoms with Crippen molar-refractivity contribution in [1.29, 1.82) is 0 Å². The Morgan fingerprint density at radius 1 is 1.05 bits per heavy atom. The molecule has 118 valence electrons. The predicted molar refractivity (Wildman–Crippen MR) is 82.0 cm³/mol. The summed E-state index contributed by atoms with van der Waals surface area (Å²) >= 11 is 0. The van der Waals surface area contributed by atoms with Crippen LogP contribution in [0.1, 0.15) is 36.6 Å². The largest absolute Gasteiger partial charge is 0.433 e. The summed E-state index contributed by atoms with van der Waals surface area (Å²) in [5.74, 6) is 0.493. The van der Waals surface area contributed by atoms with Gasteiger partial charge < -0.3 is 5.32 Å². The first kappa shape index (κ1) is 16.3. The molecule has 0 atom stereocenters. The molecule has 1 aromatic heterocycles. The van der Waals surface area contributed by atoms with E-state index in [0.29, 0.717) is 18.9 Å². The Morgan fingerprint density at radius 2 is 1.73 bits per heavy atom. The molecule has 0 fully saturated rings. The van der Waals surface area contributed by atoms with Crippen molar-refractivity contribution in [3.8, 4) is 0 Å². The van der Waals surface area contributed by atoms with Crippen LogP contribution in [0.25, 0.3) is 0 Å². The Hall–Kier alpha value is -2.04. The van der Waals surface area contributed by atoms with Gasteiger partial charge in [0.1, 0.15) is 5.69 Å². The Kier molecular flexibility index (Phi) is 5.06. The Bertz CT molecular complexity index is 587. The molecule has 5 heteroatoms. The fraction of sp³-hybridized carbons (Fsp3) is 0.353. The molecule has 2 rings (SSSR count). The van der Waals surface area contributed by atoms with Crippen LogP contribution in [0.4, 0.5) is 18.9 Å². The van der Waals surface area contributed by atoms with E-state index in [0.717, 1.165) is 17.3 Å². The number of nitrogens with zero attached hydrogens (tertiary/aromatic N) is 1. The molecule has 0 saturated heterocycles. The second-order valence-electron chi connectivity index (χ2n) is 5.50. The van der Waals surface area contributed by atoms with Crippen molar-refractivity contribution in [2.24, 2.45) is 0 Å². The lowest BCUT2D eigenvalue weighted by molar-refractivity contribution is -0.141. The van der Waals surface area contributed by atoms with Gasteiger partial charge in [0.2, 0.25) is 0 Å². The molecule has 1 N–H and O–H groups in total. The summed E-state index contributed by atoms with van der Waals surface area (Å²) in [7, 11) is 0. The number of pyridine rings is 1. The molecule has 0 radical (unpaired) electrons. The minimum absolute atomic E-state index is 0.493. The van der Waals surface area contributed by atoms with Gasteiger partial charge in [0.15, 0.2) is 0 Å². The maximum absolute atomic E-state index is 12.4. The number of rotatable bonds is 5. The van der Waals surface area contributed by atoms with Crippen LogP contribution in [0, 0.1) is 0 Å². The van der Waals surface area contributed by atoms with Gasteiger partial charge >= 0.3 is 6.18 Å². The number of hydrogen-bond acceptors (Lipinski definition) is 2. The average molecular weight is 308 g/mol. The quantitative estimate of drug-likeness (QED) is 0.851. The highest BCUT2D eigenvalue weighted by atomic mass is 19.4. The molecule has 0 aliphatic rings. The van der Waals surface area contributed by atoms with E-state index in [9.17, 15) is 13.2 Å². The highest BCUT2D eigenvalue weighted by molar-refractivity contribution is 5.45. The van der Waals surface area contributed by atoms with E-state index in [1.807, 2.05) is 12.1 Å². The van der Waals surface area contributed by atoms with E-state index in [1.165, 1.54) is 17.8 Å². The number of aromatic nitrogens is 1. The number of nitrogens with one attached hydrogen (secondary N) is 1. The maximum atomic E-state index is 12.4. The van der Waals surface area contributed by atoms with Gasteiger partial charge in [0.05, 0.1) is 0 Å². The lowest BCUT2D eigenvalue weighted by Crippen LogP contribution is -2.09. The van der Waals surface area contributed by atoms with Crippen molar-refractivity contribution in [3.05, 3.63) is 59.4 Å². The summed E-state index contributed by atoms with van der Waals surface area (Å²) in [6.45, 7) is 4.92. The number of anilines is 1. The monoisotopic (exact) mass is 308 g/mol. The van der Waals surface area contributed by atoms with Gasteiger partial charge in [-0.05, 0) is 41.7 Å². The Morgan fingerprint density at radius 3 is 2.23 bits per heavy atom. The number of benzene rings is 1. The summed E-state index contributed by atoms with van der Waals surface area (Å²) in [6, 6.07) is 10.7. The molecule has 0 aliphatic carbocycles. The number of halogens is 3. The summed E-state index contributed by atoms with van der Waals surface area (Å²) in [6.07, 6.45) is -2.47. The molecule has 0 saturated carbocycles. The maximum Gasteiger partial charge on any atom is 0.433 e. The van der Waals surface area contributed by atoms with Crippen LogP contribution in [0.2, 0.25) is 0 Å². The van der Waals surface area contributed by atoms with Gasteiger partial charge in [-0.1, -0.05) is 32.0 Å². The zero-order valence-electron chi connectivity index (χ0n) is 12.6. The molecule has 0 amide bonds. The third-order valence-corrected chi connectivity index (χ3v) is 3.44. The third-order valence-electron chi connectivity index (χ3n) is 3.44. The van der Waals surface area contributed by atoms with Crippen molar-refractivity contribution >= 4 is 5.69 Å². The second-order valence-corrected chi connectivity index (χ2v) is 5.50. The summed E-state index contributed by atoms with van der Waals surface area (Å²) in [5, 5.41) is 3.25. The van der Waals surface area contributed by atoms with Crippen molar-refractivity contribution < 1.29 is 13.2 Å². The normalized spacial score (nSPS) is 11.7. The predicted octanol–water partition coefficient (Wildman–Crippen LogP) is 4.88. The van der Waals surface area contributed by atoms with Gasteiger partial charge in [0, 0.05) is 18.4 Å². The van der Waals surface area contributed by atoms with Gasteiger partial charge in [-0.3, -0.25) is 4.98 Å². The minimum atomic E-state index is -4.38. The van der Waals surface area contributed by atoms with Gasteiger partial charge in [-0.25, -0.2) is 0 Å². The Labute approximate surface area is 128 Å². The molecule has 0 bridgehead atoms. The van der Waals surface area contributed by atoms with E-state index in [1.54, 1.807) is 0 Å². The summed E-state index contributed by atoms with van der Waals surface area (Å²) in [5.41, 5.74) is 2.20. The smallest absolute Gasteiger partial charge is 0.385 e. The first-order valence-corrected chi connectivity index (χ1v) is 7.22. The molecule has 1 aromatic carbocycles. The van der Waals surface area contributed by atoms with Crippen molar-refractivity contribution in [2.75, 3.05) is 11.9 Å². The molecule has 0 aliphatic heterocycles. The van der Waals surface area contributed by atoms with Crippen molar-refractivity contribution in [1.82, 2.24) is 4.98 Å². The lowest BCUT2D eigenvalue weighted by atomic mass is 10.0. The molecule has 2 aromatic rings. The average Bonchev–Trinajstić information content (AvgIpc) is 2.47. The summed E-state index contributed by atoms with van der Waals surface area (Å²) in [4.78, 5) is 3.45. The van der Waals surface area contributed by atoms with E-state index in [-0.39, 0.29) is 0 Å². The lowest BCUT2D eigenvalue weighted by Gasteiger charge is -2.10. The van der Waals surface area contributed by atoms with E-state index < -0.39 is 11.9 Å².